The van der Waals surface area contributed by atoms with Gasteiger partial charge in [0.1, 0.15) is 5.25 Å². The molecule has 0 saturated carbocycles. The molecule has 0 fully saturated rings. The smallest absolute Gasteiger partial charge is 0.274 e. The molecule has 0 bridgehead atoms. The van der Waals surface area contributed by atoms with Crippen molar-refractivity contribution in [2.24, 2.45) is 10.7 Å². The van der Waals surface area contributed by atoms with E-state index in [2.05, 4.69) is 10.3 Å². The van der Waals surface area contributed by atoms with Crippen LogP contribution < -0.4 is 11.1 Å². The Bertz CT molecular complexity index is 659. The summed E-state index contributed by atoms with van der Waals surface area (Å²) in [7, 11) is 0. The lowest BCUT2D eigenvalue weighted by Gasteiger charge is -2.08. The van der Waals surface area contributed by atoms with Crippen LogP contribution in [0.1, 0.15) is 12.0 Å². The zero-order valence-electron chi connectivity index (χ0n) is 11.0. The van der Waals surface area contributed by atoms with Gasteiger partial charge in [-0.25, -0.2) is 0 Å². The summed E-state index contributed by atoms with van der Waals surface area (Å²) in [6.45, 7) is 1.61. The van der Waals surface area contributed by atoms with Gasteiger partial charge >= 0.3 is 0 Å². The van der Waals surface area contributed by atoms with Gasteiger partial charge in [-0.2, -0.15) is 4.99 Å². The molecule has 1 aromatic carbocycles. The molecule has 1 heterocycles. The lowest BCUT2D eigenvalue weighted by atomic mass is 10.2. The molecule has 2 amide bonds. The normalized spacial score (nSPS) is 17.5. The van der Waals surface area contributed by atoms with Gasteiger partial charge in [0.05, 0.1) is 4.92 Å². The first-order valence-corrected chi connectivity index (χ1v) is 6.84. The number of nitrogens with two attached hydrogens (primary N) is 1. The Kier molecular flexibility index (Phi) is 4.22. The summed E-state index contributed by atoms with van der Waals surface area (Å²) in [6.07, 6.45) is -0.0879. The van der Waals surface area contributed by atoms with E-state index in [-0.39, 0.29) is 17.3 Å². The van der Waals surface area contributed by atoms with Gasteiger partial charge in [-0.1, -0.05) is 17.8 Å². The maximum Gasteiger partial charge on any atom is 0.274 e. The summed E-state index contributed by atoms with van der Waals surface area (Å²) in [5.41, 5.74) is 6.13. The lowest BCUT2D eigenvalue weighted by molar-refractivity contribution is -0.385. The van der Waals surface area contributed by atoms with Crippen molar-refractivity contribution in [1.82, 2.24) is 0 Å². The molecule has 0 aromatic heterocycles. The molecule has 0 saturated heterocycles. The number of nitro benzene ring substituents is 1. The van der Waals surface area contributed by atoms with E-state index in [9.17, 15) is 19.7 Å². The van der Waals surface area contributed by atoms with Crippen LogP contribution >= 0.6 is 11.8 Å². The fourth-order valence-corrected chi connectivity index (χ4v) is 2.62. The number of carbonyl (C=O) groups excluding carboxylic acids is 2. The Balaban J connectivity index is 2.02. The maximum absolute atomic E-state index is 11.8. The zero-order chi connectivity index (χ0) is 15.6. The van der Waals surface area contributed by atoms with Gasteiger partial charge < -0.3 is 11.1 Å². The molecule has 1 aliphatic rings. The number of thioether (sulfide) groups is 1. The number of amidine groups is 1. The van der Waals surface area contributed by atoms with Crippen LogP contribution in [0.4, 0.5) is 11.4 Å². The molecule has 1 aliphatic heterocycles. The van der Waals surface area contributed by atoms with Crippen LogP contribution in [0.2, 0.25) is 0 Å². The third-order valence-electron chi connectivity index (χ3n) is 2.82. The summed E-state index contributed by atoms with van der Waals surface area (Å²) >= 11 is 1.03. The Morgan fingerprint density at radius 1 is 1.57 bits per heavy atom. The minimum absolute atomic E-state index is 0.0771. The topological polar surface area (TPSA) is 128 Å². The second-order valence-corrected chi connectivity index (χ2v) is 5.63. The van der Waals surface area contributed by atoms with Gasteiger partial charge in [-0.15, -0.1) is 0 Å². The van der Waals surface area contributed by atoms with E-state index < -0.39 is 22.0 Å². The molecule has 21 heavy (non-hydrogen) atoms. The predicted octanol–water partition coefficient (Wildman–Crippen LogP) is 1.19. The Hall–Kier alpha value is -2.42. The summed E-state index contributed by atoms with van der Waals surface area (Å²) in [4.78, 5) is 37.1. The van der Waals surface area contributed by atoms with Crippen molar-refractivity contribution >= 4 is 40.1 Å². The van der Waals surface area contributed by atoms with Gasteiger partial charge in [0.15, 0.2) is 5.17 Å². The van der Waals surface area contributed by atoms with Crippen molar-refractivity contribution in [3.8, 4) is 0 Å². The zero-order valence-corrected chi connectivity index (χ0v) is 11.8. The second kappa shape index (κ2) is 5.92. The average Bonchev–Trinajstić information content (AvgIpc) is 2.69. The number of anilines is 1. The van der Waals surface area contributed by atoms with Crippen molar-refractivity contribution in [2.75, 3.05) is 5.32 Å². The van der Waals surface area contributed by atoms with E-state index >= 15 is 0 Å². The number of nitrogens with zero attached hydrogens (tertiary/aromatic N) is 2. The van der Waals surface area contributed by atoms with Crippen LogP contribution in [0, 0.1) is 17.0 Å². The maximum atomic E-state index is 11.8. The monoisotopic (exact) mass is 308 g/mol. The highest BCUT2D eigenvalue weighted by atomic mass is 32.2. The molecule has 2 rings (SSSR count). The van der Waals surface area contributed by atoms with Crippen molar-refractivity contribution in [1.29, 1.82) is 0 Å². The molecule has 1 aromatic rings. The molecule has 3 N–H and O–H groups in total. The highest BCUT2D eigenvalue weighted by Gasteiger charge is 2.29. The number of nitrogens with one attached hydrogen (secondary N) is 1. The van der Waals surface area contributed by atoms with Gasteiger partial charge in [-0.3, -0.25) is 19.7 Å². The molecular weight excluding hydrogens is 296 g/mol. The molecule has 0 radical (unpaired) electrons. The van der Waals surface area contributed by atoms with E-state index in [1.165, 1.54) is 6.07 Å². The second-order valence-electron chi connectivity index (χ2n) is 4.41. The fraction of sp³-hybridized carbons (Fsp3) is 0.250. The van der Waals surface area contributed by atoms with E-state index in [0.29, 0.717) is 11.3 Å². The number of hydrogen-bond acceptors (Lipinski definition) is 6. The Labute approximate surface area is 123 Å². The number of benzene rings is 1. The first kappa shape index (κ1) is 15.0. The Morgan fingerprint density at radius 3 is 2.86 bits per heavy atom. The van der Waals surface area contributed by atoms with Crippen LogP contribution in [0.3, 0.4) is 0 Å². The molecule has 0 spiro atoms. The summed E-state index contributed by atoms with van der Waals surface area (Å²) in [5.74, 6) is -0.869. The van der Waals surface area contributed by atoms with E-state index in [1.54, 1.807) is 19.1 Å². The third kappa shape index (κ3) is 3.57. The van der Waals surface area contributed by atoms with Crippen LogP contribution in [0.15, 0.2) is 23.2 Å². The lowest BCUT2D eigenvalue weighted by Crippen LogP contribution is -2.21. The first-order valence-electron chi connectivity index (χ1n) is 5.96. The summed E-state index contributed by atoms with van der Waals surface area (Å²) in [6, 6.07) is 4.39. The van der Waals surface area contributed by atoms with Gasteiger partial charge in [-0.05, 0) is 13.0 Å². The number of aliphatic imine (C=N–C) groups is 1. The van der Waals surface area contributed by atoms with Gasteiger partial charge in [0.25, 0.3) is 11.6 Å². The number of nitro groups is 1. The highest BCUT2D eigenvalue weighted by molar-refractivity contribution is 8.15. The number of amides is 2. The number of aryl methyl sites for hydroxylation is 1. The molecule has 110 valence electrons. The Morgan fingerprint density at radius 2 is 2.29 bits per heavy atom. The molecule has 9 heteroatoms. The molecule has 0 aliphatic carbocycles. The molecule has 8 nitrogen and oxygen atoms in total. The quantitative estimate of drug-likeness (QED) is 0.635. The van der Waals surface area contributed by atoms with Crippen molar-refractivity contribution in [3.63, 3.8) is 0 Å². The van der Waals surface area contributed by atoms with Crippen LogP contribution in [0.5, 0.6) is 0 Å². The van der Waals surface area contributed by atoms with Crippen molar-refractivity contribution in [2.45, 2.75) is 18.6 Å². The third-order valence-corrected chi connectivity index (χ3v) is 3.80. The van der Waals surface area contributed by atoms with E-state index in [1.807, 2.05) is 0 Å². The van der Waals surface area contributed by atoms with Gasteiger partial charge in [0.2, 0.25) is 5.91 Å². The summed E-state index contributed by atoms with van der Waals surface area (Å²) < 4.78 is 0. The minimum Gasteiger partial charge on any atom is -0.378 e. The molecular formula is C12H12N4O4S. The average molecular weight is 308 g/mol. The summed E-state index contributed by atoms with van der Waals surface area (Å²) in [5, 5.41) is 12.9. The highest BCUT2D eigenvalue weighted by Crippen LogP contribution is 2.25. The van der Waals surface area contributed by atoms with Crippen molar-refractivity contribution < 1.29 is 14.5 Å². The van der Waals surface area contributed by atoms with Crippen LogP contribution in [0.25, 0.3) is 0 Å². The SMILES string of the molecule is Cc1ccc(NC(=O)C[C@H]2SC(N)=NC2=O)cc1[N+](=O)[O-]. The van der Waals surface area contributed by atoms with E-state index in [4.69, 9.17) is 5.73 Å². The largest absolute Gasteiger partial charge is 0.378 e. The van der Waals surface area contributed by atoms with Gasteiger partial charge in [0, 0.05) is 23.7 Å². The molecule has 1 atom stereocenters. The van der Waals surface area contributed by atoms with E-state index in [0.717, 1.165) is 11.8 Å². The predicted molar refractivity (Wildman–Crippen MR) is 79.1 cm³/mol. The van der Waals surface area contributed by atoms with Crippen LogP contribution in [-0.4, -0.2) is 27.2 Å². The fourth-order valence-electron chi connectivity index (χ4n) is 1.80. The molecule has 0 unspecified atom stereocenters. The number of carbonyl (C=O) groups is 2. The van der Waals surface area contributed by atoms with Crippen LogP contribution in [-0.2, 0) is 9.59 Å². The number of rotatable bonds is 4. The first-order chi connectivity index (χ1) is 9.86. The minimum atomic E-state index is -0.634. The standard InChI is InChI=1S/C12H12N4O4S/c1-6-2-3-7(4-8(6)16(19)20)14-10(17)5-9-11(18)15-12(13)21-9/h2-4,9H,5H2,1H3,(H,14,17)(H2,13,15,18)/t9-/m1/s1. The number of hydrogen-bond donors (Lipinski definition) is 2. The van der Waals surface area contributed by atoms with Crippen molar-refractivity contribution in [3.05, 3.63) is 33.9 Å².